The van der Waals surface area contributed by atoms with E-state index >= 15 is 0 Å². The van der Waals surface area contributed by atoms with Crippen molar-refractivity contribution in [2.45, 2.75) is 6.54 Å². The maximum atomic E-state index is 11.9. The van der Waals surface area contributed by atoms with Gasteiger partial charge in [0.2, 0.25) is 5.91 Å². The average molecular weight is 286 g/mol. The second-order valence-corrected chi connectivity index (χ2v) is 4.64. The van der Waals surface area contributed by atoms with Crippen LogP contribution in [-0.4, -0.2) is 27.8 Å². The number of ether oxygens (including phenoxy) is 1. The maximum Gasteiger partial charge on any atom is 0.246 e. The Kier molecular flexibility index (Phi) is 3.23. The van der Waals surface area contributed by atoms with Crippen molar-refractivity contribution >= 4 is 17.3 Å². The van der Waals surface area contributed by atoms with E-state index < -0.39 is 0 Å². The van der Waals surface area contributed by atoms with Crippen LogP contribution in [0.3, 0.4) is 0 Å². The molecule has 7 heteroatoms. The van der Waals surface area contributed by atoms with Crippen molar-refractivity contribution in [3.8, 4) is 11.5 Å². The predicted octanol–water partition coefficient (Wildman–Crippen LogP) is 1.53. The van der Waals surface area contributed by atoms with E-state index in [1.165, 1.54) is 17.1 Å². The number of rotatable bonds is 3. The summed E-state index contributed by atoms with van der Waals surface area (Å²) in [7, 11) is 1.92. The number of nitrogens with zero attached hydrogens (tertiary/aromatic N) is 3. The molecule has 2 aromatic rings. The summed E-state index contributed by atoms with van der Waals surface area (Å²) < 4.78 is 6.77. The molecule has 0 unspecified atom stereocenters. The zero-order valence-electron chi connectivity index (χ0n) is 11.4. The highest BCUT2D eigenvalue weighted by Gasteiger charge is 2.13. The highest BCUT2D eigenvalue weighted by molar-refractivity contribution is 5.91. The lowest BCUT2D eigenvalue weighted by Crippen LogP contribution is -2.19. The van der Waals surface area contributed by atoms with Gasteiger partial charge in [-0.15, -0.1) is 0 Å². The van der Waals surface area contributed by atoms with Crippen molar-refractivity contribution in [2.24, 2.45) is 0 Å². The van der Waals surface area contributed by atoms with E-state index in [2.05, 4.69) is 10.4 Å². The molecule has 1 aromatic heterocycles. The fraction of sp³-hybridized carbons (Fsp3) is 0.143. The quantitative estimate of drug-likeness (QED) is 0.894. The predicted molar refractivity (Wildman–Crippen MR) is 77.1 cm³/mol. The summed E-state index contributed by atoms with van der Waals surface area (Å²) in [5.74, 6) is 0.465. The molecule has 1 aliphatic rings. The molecule has 1 aliphatic heterocycles. The topological polar surface area (TPSA) is 79.6 Å². The van der Waals surface area contributed by atoms with Crippen LogP contribution in [0.25, 0.3) is 0 Å². The van der Waals surface area contributed by atoms with Crippen molar-refractivity contribution in [1.29, 1.82) is 0 Å². The summed E-state index contributed by atoms with van der Waals surface area (Å²) in [6.07, 6.45) is 6.06. The first-order chi connectivity index (χ1) is 10.1. The van der Waals surface area contributed by atoms with Gasteiger partial charge in [-0.2, -0.15) is 5.10 Å². The summed E-state index contributed by atoms with van der Waals surface area (Å²) in [5.41, 5.74) is 1.56. The van der Waals surface area contributed by atoms with Gasteiger partial charge in [-0.1, -0.05) is 0 Å². The number of fused-ring (bicyclic) bond motifs is 1. The third-order valence-electron chi connectivity index (χ3n) is 3.03. The Balaban J connectivity index is 1.69. The van der Waals surface area contributed by atoms with Crippen LogP contribution in [0.4, 0.5) is 11.4 Å². The summed E-state index contributed by atoms with van der Waals surface area (Å²) in [5, 5.41) is 15.8. The molecule has 0 atom stereocenters. The lowest BCUT2D eigenvalue weighted by atomic mass is 10.2. The first-order valence-corrected chi connectivity index (χ1v) is 6.33. The maximum absolute atomic E-state index is 11.9. The molecule has 0 saturated carbocycles. The normalized spacial score (nSPS) is 12.7. The summed E-state index contributed by atoms with van der Waals surface area (Å²) >= 11 is 0. The van der Waals surface area contributed by atoms with Gasteiger partial charge in [-0.25, -0.2) is 0 Å². The van der Waals surface area contributed by atoms with Crippen molar-refractivity contribution in [2.75, 3.05) is 17.3 Å². The van der Waals surface area contributed by atoms with Crippen LogP contribution in [0, 0.1) is 0 Å². The molecule has 21 heavy (non-hydrogen) atoms. The number of carbonyl (C=O) groups is 1. The molecule has 7 nitrogen and oxygen atoms in total. The Morgan fingerprint density at radius 2 is 2.33 bits per heavy atom. The monoisotopic (exact) mass is 286 g/mol. The van der Waals surface area contributed by atoms with Gasteiger partial charge in [-0.05, 0) is 12.1 Å². The van der Waals surface area contributed by atoms with Gasteiger partial charge in [-0.3, -0.25) is 9.48 Å². The molecular weight excluding hydrogens is 272 g/mol. The molecule has 3 rings (SSSR count). The van der Waals surface area contributed by atoms with Crippen LogP contribution in [0.1, 0.15) is 0 Å². The van der Waals surface area contributed by atoms with E-state index in [0.29, 0.717) is 11.4 Å². The summed E-state index contributed by atoms with van der Waals surface area (Å²) in [6, 6.07) is 5.43. The fourth-order valence-corrected chi connectivity index (χ4v) is 2.04. The minimum absolute atomic E-state index is 0.0261. The van der Waals surface area contributed by atoms with Crippen LogP contribution in [0.5, 0.6) is 11.5 Å². The molecule has 2 N–H and O–H groups in total. The molecule has 108 valence electrons. The number of hydrogen-bond donors (Lipinski definition) is 2. The van der Waals surface area contributed by atoms with Gasteiger partial charge >= 0.3 is 0 Å². The molecule has 0 radical (unpaired) electrons. The van der Waals surface area contributed by atoms with Crippen molar-refractivity contribution in [3.63, 3.8) is 0 Å². The molecule has 0 spiro atoms. The standard InChI is InChI=1S/C14H14N4O3/c1-17-4-5-21-13-6-10(2-3-12(13)17)16-14(20)9-18-8-11(19)7-15-18/h2-8,19H,9H2,1H3,(H,16,20). The Morgan fingerprint density at radius 3 is 3.10 bits per heavy atom. The number of aromatic nitrogens is 2. The fourth-order valence-electron chi connectivity index (χ4n) is 2.04. The molecule has 2 heterocycles. The average Bonchev–Trinajstić information content (AvgIpc) is 2.84. The van der Waals surface area contributed by atoms with Gasteiger partial charge in [0.25, 0.3) is 0 Å². The Morgan fingerprint density at radius 1 is 1.48 bits per heavy atom. The smallest absolute Gasteiger partial charge is 0.246 e. The number of anilines is 2. The van der Waals surface area contributed by atoms with Crippen LogP contribution in [0.15, 0.2) is 43.1 Å². The largest absolute Gasteiger partial charge is 0.505 e. The van der Waals surface area contributed by atoms with E-state index in [0.717, 1.165) is 5.69 Å². The molecule has 0 fully saturated rings. The highest BCUT2D eigenvalue weighted by atomic mass is 16.5. The van der Waals surface area contributed by atoms with E-state index in [4.69, 9.17) is 4.74 Å². The lowest BCUT2D eigenvalue weighted by Gasteiger charge is -2.22. The van der Waals surface area contributed by atoms with Crippen LogP contribution in [-0.2, 0) is 11.3 Å². The van der Waals surface area contributed by atoms with E-state index in [1.807, 2.05) is 24.2 Å². The Hall–Kier alpha value is -2.96. The minimum Gasteiger partial charge on any atom is -0.505 e. The summed E-state index contributed by atoms with van der Waals surface area (Å²) in [6.45, 7) is 0.0261. The van der Waals surface area contributed by atoms with E-state index in [9.17, 15) is 9.90 Å². The van der Waals surface area contributed by atoms with Gasteiger partial charge in [0.1, 0.15) is 12.8 Å². The first-order valence-electron chi connectivity index (χ1n) is 6.33. The molecule has 1 aromatic carbocycles. The molecule has 0 aliphatic carbocycles. The third-order valence-corrected chi connectivity index (χ3v) is 3.03. The minimum atomic E-state index is -0.238. The van der Waals surface area contributed by atoms with E-state index in [1.54, 1.807) is 18.4 Å². The van der Waals surface area contributed by atoms with Gasteiger partial charge in [0.15, 0.2) is 11.5 Å². The number of amides is 1. The first kappa shape index (κ1) is 13.0. The number of hydrogen-bond acceptors (Lipinski definition) is 5. The summed E-state index contributed by atoms with van der Waals surface area (Å²) in [4.78, 5) is 13.8. The zero-order chi connectivity index (χ0) is 14.8. The highest BCUT2D eigenvalue weighted by Crippen LogP contribution is 2.33. The lowest BCUT2D eigenvalue weighted by molar-refractivity contribution is -0.116. The molecule has 0 bridgehead atoms. The Bertz CT molecular complexity index is 708. The Labute approximate surface area is 121 Å². The van der Waals surface area contributed by atoms with Crippen molar-refractivity contribution in [3.05, 3.63) is 43.1 Å². The van der Waals surface area contributed by atoms with Crippen molar-refractivity contribution in [1.82, 2.24) is 9.78 Å². The number of benzene rings is 1. The van der Waals surface area contributed by atoms with Gasteiger partial charge in [0.05, 0.1) is 18.1 Å². The van der Waals surface area contributed by atoms with E-state index in [-0.39, 0.29) is 18.2 Å². The van der Waals surface area contributed by atoms with Crippen molar-refractivity contribution < 1.29 is 14.6 Å². The SMILES string of the molecule is CN1C=COc2cc(NC(=O)Cn3cc(O)cn3)ccc21. The number of aromatic hydroxyl groups is 1. The zero-order valence-corrected chi connectivity index (χ0v) is 11.4. The van der Waals surface area contributed by atoms with Crippen LogP contribution >= 0.6 is 0 Å². The van der Waals surface area contributed by atoms with Crippen LogP contribution < -0.4 is 15.0 Å². The van der Waals surface area contributed by atoms with Gasteiger partial charge < -0.3 is 20.1 Å². The number of carbonyl (C=O) groups excluding carboxylic acids is 1. The van der Waals surface area contributed by atoms with Gasteiger partial charge in [0, 0.05) is 25.0 Å². The molecule has 0 saturated heterocycles. The molecule has 1 amide bonds. The second kappa shape index (κ2) is 5.20. The second-order valence-electron chi connectivity index (χ2n) is 4.64. The molecular formula is C14H14N4O3. The third kappa shape index (κ3) is 2.81. The van der Waals surface area contributed by atoms with Crippen LogP contribution in [0.2, 0.25) is 0 Å². The number of nitrogens with one attached hydrogen (secondary N) is 1.